The largest absolute Gasteiger partial charge is 0.443 e. The monoisotopic (exact) mass is 435 g/mol. The number of amides is 1. The van der Waals surface area contributed by atoms with E-state index < -0.39 is 21.7 Å². The van der Waals surface area contributed by atoms with Gasteiger partial charge in [0.15, 0.2) is 0 Å². The molecule has 1 N–H and O–H groups in total. The van der Waals surface area contributed by atoms with Gasteiger partial charge in [0.05, 0.1) is 0 Å². The smallest absolute Gasteiger partial charge is 0.424 e. The van der Waals surface area contributed by atoms with Crippen LogP contribution in [0.15, 0.2) is 41.6 Å². The molecule has 0 aliphatic carbocycles. The minimum atomic E-state index is -4.14. The second-order valence-corrected chi connectivity index (χ2v) is 10.1. The number of carbonyl (C=O) groups excluding carboxylic acids is 1. The van der Waals surface area contributed by atoms with Crippen LogP contribution in [-0.4, -0.2) is 41.4 Å². The SMILES string of the molecule is Cc1[nH]c2ccc(Cl)cc2c1-c1cncc(S(=O)(=O)N(C)C(=O)OC(C)(C)C)c1. The van der Waals surface area contributed by atoms with Crippen molar-refractivity contribution in [2.45, 2.75) is 38.2 Å². The quantitative estimate of drug-likeness (QED) is 0.641. The summed E-state index contributed by atoms with van der Waals surface area (Å²) in [5.41, 5.74) is 2.29. The van der Waals surface area contributed by atoms with Gasteiger partial charge >= 0.3 is 6.09 Å². The predicted molar refractivity (Wildman–Crippen MR) is 112 cm³/mol. The van der Waals surface area contributed by atoms with Crippen molar-refractivity contribution in [2.75, 3.05) is 7.05 Å². The number of rotatable bonds is 3. The molecule has 7 nitrogen and oxygen atoms in total. The van der Waals surface area contributed by atoms with Crippen LogP contribution in [0, 0.1) is 6.92 Å². The third kappa shape index (κ3) is 4.23. The molecule has 2 aromatic heterocycles. The van der Waals surface area contributed by atoms with Crippen molar-refractivity contribution in [3.05, 3.63) is 47.4 Å². The molecule has 0 aliphatic rings. The number of sulfonamides is 1. The second kappa shape index (κ2) is 7.35. The number of aromatic amines is 1. The summed E-state index contributed by atoms with van der Waals surface area (Å²) >= 11 is 6.14. The molecular formula is C20H22ClN3O4S. The fraction of sp³-hybridized carbons (Fsp3) is 0.300. The zero-order valence-corrected chi connectivity index (χ0v) is 18.4. The minimum absolute atomic E-state index is 0.112. The van der Waals surface area contributed by atoms with Gasteiger partial charge in [-0.05, 0) is 52.0 Å². The number of halogens is 1. The highest BCUT2D eigenvalue weighted by Gasteiger charge is 2.30. The lowest BCUT2D eigenvalue weighted by Gasteiger charge is -2.24. The van der Waals surface area contributed by atoms with Crippen molar-refractivity contribution in [2.24, 2.45) is 0 Å². The molecule has 9 heteroatoms. The zero-order valence-electron chi connectivity index (χ0n) is 16.8. The number of ether oxygens (including phenoxy) is 1. The topological polar surface area (TPSA) is 92.4 Å². The molecule has 1 amide bonds. The Morgan fingerprint density at radius 1 is 1.21 bits per heavy atom. The van der Waals surface area contributed by atoms with Gasteiger partial charge in [0.25, 0.3) is 10.0 Å². The first-order chi connectivity index (χ1) is 13.4. The molecule has 2 heterocycles. The van der Waals surface area contributed by atoms with Crippen molar-refractivity contribution in [3.8, 4) is 11.1 Å². The van der Waals surface area contributed by atoms with Crippen molar-refractivity contribution in [3.63, 3.8) is 0 Å². The van der Waals surface area contributed by atoms with E-state index in [0.717, 1.165) is 29.2 Å². The summed E-state index contributed by atoms with van der Waals surface area (Å²) in [5, 5.41) is 1.42. The number of aryl methyl sites for hydroxylation is 1. The third-order valence-electron chi connectivity index (χ3n) is 4.26. The summed E-state index contributed by atoms with van der Waals surface area (Å²) in [5.74, 6) is 0. The third-order valence-corrected chi connectivity index (χ3v) is 6.18. The predicted octanol–water partition coefficient (Wildman–Crippen LogP) is 4.75. The minimum Gasteiger partial charge on any atom is -0.443 e. The van der Waals surface area contributed by atoms with E-state index in [2.05, 4.69) is 9.97 Å². The Morgan fingerprint density at radius 3 is 2.55 bits per heavy atom. The lowest BCUT2D eigenvalue weighted by molar-refractivity contribution is 0.0420. The van der Waals surface area contributed by atoms with Gasteiger partial charge in [-0.1, -0.05) is 11.6 Å². The number of fused-ring (bicyclic) bond motifs is 1. The molecule has 0 radical (unpaired) electrons. The summed E-state index contributed by atoms with van der Waals surface area (Å²) in [4.78, 5) is 19.5. The Bertz CT molecular complexity index is 1200. The number of pyridine rings is 1. The van der Waals surface area contributed by atoms with Crippen molar-refractivity contribution < 1.29 is 17.9 Å². The van der Waals surface area contributed by atoms with Gasteiger partial charge in [-0.2, -0.15) is 0 Å². The zero-order chi connectivity index (χ0) is 21.6. The van der Waals surface area contributed by atoms with Gasteiger partial charge in [-0.3, -0.25) is 4.98 Å². The fourth-order valence-electron chi connectivity index (χ4n) is 2.95. The second-order valence-electron chi connectivity index (χ2n) is 7.68. The lowest BCUT2D eigenvalue weighted by Crippen LogP contribution is -2.38. The highest BCUT2D eigenvalue weighted by atomic mass is 35.5. The van der Waals surface area contributed by atoms with Gasteiger partial charge in [0, 0.05) is 52.2 Å². The van der Waals surface area contributed by atoms with Crippen molar-refractivity contribution in [1.82, 2.24) is 14.3 Å². The van der Waals surface area contributed by atoms with Crippen LogP contribution < -0.4 is 0 Å². The Kier molecular flexibility index (Phi) is 5.36. The van der Waals surface area contributed by atoms with E-state index in [4.69, 9.17) is 16.3 Å². The maximum atomic E-state index is 12.9. The Hall–Kier alpha value is -2.58. The molecule has 29 heavy (non-hydrogen) atoms. The van der Waals surface area contributed by atoms with E-state index in [1.165, 1.54) is 12.3 Å². The molecule has 1 aromatic carbocycles. The Morgan fingerprint density at radius 2 is 1.90 bits per heavy atom. The fourth-order valence-corrected chi connectivity index (χ4v) is 4.14. The highest BCUT2D eigenvalue weighted by Crippen LogP contribution is 2.34. The highest BCUT2D eigenvalue weighted by molar-refractivity contribution is 7.89. The summed E-state index contributed by atoms with van der Waals surface area (Å²) in [6.07, 6.45) is 1.82. The summed E-state index contributed by atoms with van der Waals surface area (Å²) < 4.78 is 31.6. The molecule has 0 saturated carbocycles. The summed E-state index contributed by atoms with van der Waals surface area (Å²) in [7, 11) is -2.98. The molecule has 3 aromatic rings. The average Bonchev–Trinajstić information content (AvgIpc) is 2.94. The number of hydrogen-bond acceptors (Lipinski definition) is 5. The number of aromatic nitrogens is 2. The van der Waals surface area contributed by atoms with Crippen LogP contribution in [0.1, 0.15) is 26.5 Å². The number of carbonyl (C=O) groups is 1. The van der Waals surface area contributed by atoms with E-state index in [1.807, 2.05) is 19.1 Å². The van der Waals surface area contributed by atoms with Crippen LogP contribution in [0.2, 0.25) is 5.02 Å². The van der Waals surface area contributed by atoms with Crippen LogP contribution in [0.3, 0.4) is 0 Å². The van der Waals surface area contributed by atoms with Gasteiger partial charge in [-0.25, -0.2) is 17.5 Å². The number of H-pyrrole nitrogens is 1. The van der Waals surface area contributed by atoms with E-state index in [1.54, 1.807) is 33.0 Å². The first-order valence-electron chi connectivity index (χ1n) is 8.85. The van der Waals surface area contributed by atoms with Crippen LogP contribution in [0.25, 0.3) is 22.0 Å². The van der Waals surface area contributed by atoms with E-state index in [9.17, 15) is 13.2 Å². The summed E-state index contributed by atoms with van der Waals surface area (Å²) in [6.45, 7) is 6.88. The molecule has 0 saturated heterocycles. The van der Waals surface area contributed by atoms with Gasteiger partial charge in [-0.15, -0.1) is 0 Å². The molecule has 0 spiro atoms. The Labute approximate surface area is 174 Å². The molecule has 0 unspecified atom stereocenters. The maximum absolute atomic E-state index is 12.9. The van der Waals surface area contributed by atoms with Crippen molar-refractivity contribution >= 4 is 38.6 Å². The molecule has 154 valence electrons. The molecule has 0 fully saturated rings. The van der Waals surface area contributed by atoms with E-state index in [-0.39, 0.29) is 4.90 Å². The number of nitrogens with one attached hydrogen (secondary N) is 1. The van der Waals surface area contributed by atoms with Crippen LogP contribution in [-0.2, 0) is 14.8 Å². The number of nitrogens with zero attached hydrogens (tertiary/aromatic N) is 2. The normalized spacial score (nSPS) is 12.2. The first kappa shape index (κ1) is 21.1. The van der Waals surface area contributed by atoms with Gasteiger partial charge in [0.2, 0.25) is 0 Å². The van der Waals surface area contributed by atoms with Crippen molar-refractivity contribution in [1.29, 1.82) is 0 Å². The Balaban J connectivity index is 2.05. The molecule has 0 bridgehead atoms. The number of benzene rings is 1. The molecule has 3 rings (SSSR count). The first-order valence-corrected chi connectivity index (χ1v) is 10.7. The van der Waals surface area contributed by atoms with Gasteiger partial charge < -0.3 is 9.72 Å². The molecular weight excluding hydrogens is 414 g/mol. The molecule has 0 atom stereocenters. The lowest BCUT2D eigenvalue weighted by atomic mass is 10.0. The summed E-state index contributed by atoms with van der Waals surface area (Å²) in [6, 6.07) is 6.93. The average molecular weight is 436 g/mol. The van der Waals surface area contributed by atoms with Crippen LogP contribution in [0.4, 0.5) is 4.79 Å². The van der Waals surface area contributed by atoms with E-state index >= 15 is 0 Å². The van der Waals surface area contributed by atoms with Crippen LogP contribution in [0.5, 0.6) is 0 Å². The standard InChI is InChI=1S/C20H22ClN3O4S/c1-12-18(16-9-14(21)6-7-17(16)23-12)13-8-15(11-22-10-13)29(26,27)24(5)19(25)28-20(2,3)4/h6-11,23H,1-5H3. The molecule has 0 aliphatic heterocycles. The number of hydrogen-bond donors (Lipinski definition) is 1. The van der Waals surface area contributed by atoms with Gasteiger partial charge in [0.1, 0.15) is 10.5 Å². The maximum Gasteiger partial charge on any atom is 0.424 e. The van der Waals surface area contributed by atoms with E-state index in [0.29, 0.717) is 14.9 Å². The van der Waals surface area contributed by atoms with Crippen LogP contribution >= 0.6 is 11.6 Å².